The molecule has 0 spiro atoms. The van der Waals surface area contributed by atoms with Crippen LogP contribution in [0.15, 0.2) is 0 Å². The first kappa shape index (κ1) is 11.6. The summed E-state index contributed by atoms with van der Waals surface area (Å²) in [6.45, 7) is 1.98. The minimum Gasteiger partial charge on any atom is -0.481 e. The van der Waals surface area contributed by atoms with E-state index in [1.165, 1.54) is 0 Å². The molecule has 1 unspecified atom stereocenters. The van der Waals surface area contributed by atoms with Gasteiger partial charge in [-0.15, -0.1) is 6.42 Å². The third-order valence-electron chi connectivity index (χ3n) is 2.54. The van der Waals surface area contributed by atoms with E-state index in [1.807, 2.05) is 6.92 Å². The first-order chi connectivity index (χ1) is 7.10. The van der Waals surface area contributed by atoms with E-state index in [2.05, 4.69) is 11.2 Å². The summed E-state index contributed by atoms with van der Waals surface area (Å²) in [7, 11) is 0. The topological polar surface area (TPSA) is 66.4 Å². The van der Waals surface area contributed by atoms with E-state index in [0.717, 1.165) is 12.8 Å². The fraction of sp³-hybridized carbons (Fsp3) is 0.636. The van der Waals surface area contributed by atoms with Crippen LogP contribution in [0.3, 0.4) is 0 Å². The van der Waals surface area contributed by atoms with Crippen LogP contribution in [-0.4, -0.2) is 23.0 Å². The monoisotopic (exact) mass is 209 g/mol. The minimum atomic E-state index is -0.900. The van der Waals surface area contributed by atoms with Crippen LogP contribution in [0.4, 0.5) is 0 Å². The first-order valence-electron chi connectivity index (χ1n) is 5.09. The van der Waals surface area contributed by atoms with Gasteiger partial charge in [-0.05, 0) is 12.8 Å². The van der Waals surface area contributed by atoms with Crippen LogP contribution in [0.5, 0.6) is 0 Å². The second kappa shape index (κ2) is 4.83. The Hall–Kier alpha value is -1.50. The average Bonchev–Trinajstić information content (AvgIpc) is 2.96. The Labute approximate surface area is 89.0 Å². The van der Waals surface area contributed by atoms with Crippen molar-refractivity contribution >= 4 is 11.9 Å². The maximum absolute atomic E-state index is 11.5. The fourth-order valence-electron chi connectivity index (χ4n) is 1.52. The van der Waals surface area contributed by atoms with Crippen molar-refractivity contribution in [2.75, 3.05) is 0 Å². The highest BCUT2D eigenvalue weighted by Gasteiger charge is 2.48. The van der Waals surface area contributed by atoms with Crippen LogP contribution < -0.4 is 5.32 Å². The molecular formula is C11H15NO3. The lowest BCUT2D eigenvalue weighted by Crippen LogP contribution is -2.35. The van der Waals surface area contributed by atoms with Crippen LogP contribution in [0.1, 0.15) is 26.2 Å². The molecular weight excluding hydrogens is 194 g/mol. The van der Waals surface area contributed by atoms with Gasteiger partial charge in [-0.2, -0.15) is 0 Å². The maximum atomic E-state index is 11.5. The van der Waals surface area contributed by atoms with Crippen molar-refractivity contribution in [1.29, 1.82) is 0 Å². The lowest BCUT2D eigenvalue weighted by Gasteiger charge is -2.11. The molecule has 1 fully saturated rings. The number of hydrogen-bond acceptors (Lipinski definition) is 2. The van der Waals surface area contributed by atoms with Crippen molar-refractivity contribution in [2.45, 2.75) is 32.2 Å². The van der Waals surface area contributed by atoms with Crippen LogP contribution in [0.25, 0.3) is 0 Å². The predicted octanol–water partition coefficient (Wildman–Crippen LogP) is 0.625. The van der Waals surface area contributed by atoms with E-state index in [9.17, 15) is 9.59 Å². The molecule has 0 aliphatic heterocycles. The number of rotatable bonds is 5. The van der Waals surface area contributed by atoms with Gasteiger partial charge in [0.25, 0.3) is 0 Å². The van der Waals surface area contributed by atoms with E-state index in [1.54, 1.807) is 0 Å². The lowest BCUT2D eigenvalue weighted by atomic mass is 10.1. The molecule has 1 aliphatic carbocycles. The van der Waals surface area contributed by atoms with Gasteiger partial charge < -0.3 is 10.4 Å². The predicted molar refractivity (Wildman–Crippen MR) is 54.9 cm³/mol. The molecule has 0 heterocycles. The van der Waals surface area contributed by atoms with Crippen molar-refractivity contribution < 1.29 is 14.7 Å². The maximum Gasteiger partial charge on any atom is 0.307 e. The molecule has 0 aromatic carbocycles. The summed E-state index contributed by atoms with van der Waals surface area (Å²) in [5.74, 6) is 0.469. The van der Waals surface area contributed by atoms with Crippen molar-refractivity contribution in [3.63, 3.8) is 0 Å². The molecule has 2 N–H and O–H groups in total. The summed E-state index contributed by atoms with van der Waals surface area (Å²) in [4.78, 5) is 22.0. The Morgan fingerprint density at radius 1 is 1.60 bits per heavy atom. The van der Waals surface area contributed by atoms with Gasteiger partial charge in [0.05, 0.1) is 17.9 Å². The van der Waals surface area contributed by atoms with Gasteiger partial charge >= 0.3 is 5.97 Å². The molecule has 3 atom stereocenters. The summed E-state index contributed by atoms with van der Waals surface area (Å²) < 4.78 is 0. The molecule has 1 amide bonds. The molecule has 1 aliphatic rings. The van der Waals surface area contributed by atoms with E-state index in [4.69, 9.17) is 11.5 Å². The molecule has 0 aromatic rings. The molecule has 4 heteroatoms. The number of terminal acetylenes is 1. The number of amides is 1. The van der Waals surface area contributed by atoms with Gasteiger partial charge in [0.1, 0.15) is 0 Å². The lowest BCUT2D eigenvalue weighted by molar-refractivity contribution is -0.140. The molecule has 0 radical (unpaired) electrons. The number of aliphatic carboxylic acids is 1. The number of carboxylic acid groups (broad SMARTS) is 1. The number of hydrogen-bond donors (Lipinski definition) is 2. The summed E-state index contributed by atoms with van der Waals surface area (Å²) in [5, 5.41) is 11.3. The minimum absolute atomic E-state index is 0.223. The SMILES string of the molecule is C#CC(CCC)NC(=O)[C@@H]1C[C@@H]1C(=O)O. The van der Waals surface area contributed by atoms with E-state index < -0.39 is 11.9 Å². The van der Waals surface area contributed by atoms with E-state index >= 15 is 0 Å². The zero-order chi connectivity index (χ0) is 11.4. The molecule has 1 rings (SSSR count). The molecule has 0 aromatic heterocycles. The van der Waals surface area contributed by atoms with Crippen molar-refractivity contribution in [2.24, 2.45) is 11.8 Å². The second-order valence-corrected chi connectivity index (χ2v) is 3.80. The van der Waals surface area contributed by atoms with Gasteiger partial charge in [0.2, 0.25) is 5.91 Å². The number of nitrogens with one attached hydrogen (secondary N) is 1. The zero-order valence-electron chi connectivity index (χ0n) is 8.69. The van der Waals surface area contributed by atoms with E-state index in [-0.39, 0.29) is 17.9 Å². The second-order valence-electron chi connectivity index (χ2n) is 3.80. The van der Waals surface area contributed by atoms with Crippen molar-refractivity contribution in [1.82, 2.24) is 5.32 Å². The molecule has 82 valence electrons. The Kier molecular flexibility index (Phi) is 3.73. The number of carbonyl (C=O) groups is 2. The summed E-state index contributed by atoms with van der Waals surface area (Å²) >= 11 is 0. The Balaban J connectivity index is 2.37. The first-order valence-corrected chi connectivity index (χ1v) is 5.09. The Bertz CT molecular complexity index is 305. The highest BCUT2D eigenvalue weighted by Crippen LogP contribution is 2.38. The molecule has 1 saturated carbocycles. The molecule has 15 heavy (non-hydrogen) atoms. The van der Waals surface area contributed by atoms with Gasteiger partial charge in [-0.1, -0.05) is 19.3 Å². The molecule has 4 nitrogen and oxygen atoms in total. The van der Waals surface area contributed by atoms with Crippen LogP contribution in [0, 0.1) is 24.2 Å². The normalized spacial score (nSPS) is 25.1. The van der Waals surface area contributed by atoms with Crippen molar-refractivity contribution in [3.05, 3.63) is 0 Å². The van der Waals surface area contributed by atoms with Gasteiger partial charge in [0, 0.05) is 0 Å². The van der Waals surface area contributed by atoms with Gasteiger partial charge in [-0.25, -0.2) is 0 Å². The molecule has 0 saturated heterocycles. The fourth-order valence-corrected chi connectivity index (χ4v) is 1.52. The third-order valence-corrected chi connectivity index (χ3v) is 2.54. The third kappa shape index (κ3) is 2.98. The highest BCUT2D eigenvalue weighted by atomic mass is 16.4. The summed E-state index contributed by atoms with van der Waals surface area (Å²) in [5.41, 5.74) is 0. The number of carbonyl (C=O) groups excluding carboxylic acids is 1. The average molecular weight is 209 g/mol. The summed E-state index contributed by atoms with van der Waals surface area (Å²) in [6.07, 6.45) is 7.30. The highest BCUT2D eigenvalue weighted by molar-refractivity contribution is 5.89. The quantitative estimate of drug-likeness (QED) is 0.652. The smallest absolute Gasteiger partial charge is 0.307 e. The molecule has 0 bridgehead atoms. The van der Waals surface area contributed by atoms with Gasteiger partial charge in [0.15, 0.2) is 0 Å². The Morgan fingerprint density at radius 3 is 2.67 bits per heavy atom. The van der Waals surface area contributed by atoms with E-state index in [0.29, 0.717) is 6.42 Å². The van der Waals surface area contributed by atoms with Crippen LogP contribution in [-0.2, 0) is 9.59 Å². The van der Waals surface area contributed by atoms with Crippen molar-refractivity contribution in [3.8, 4) is 12.3 Å². The zero-order valence-corrected chi connectivity index (χ0v) is 8.69. The van der Waals surface area contributed by atoms with Crippen LogP contribution >= 0.6 is 0 Å². The standard InChI is InChI=1S/C11H15NO3/c1-3-5-7(4-2)12-10(13)8-6-9(8)11(14)15/h2,7-9H,3,5-6H2,1H3,(H,12,13)(H,14,15)/t7?,8-,9+/m1/s1. The largest absolute Gasteiger partial charge is 0.481 e. The summed E-state index contributed by atoms with van der Waals surface area (Å²) in [6, 6.07) is -0.266. The van der Waals surface area contributed by atoms with Gasteiger partial charge in [-0.3, -0.25) is 9.59 Å². The van der Waals surface area contributed by atoms with Crippen LogP contribution in [0.2, 0.25) is 0 Å². The Morgan fingerprint density at radius 2 is 2.27 bits per heavy atom. The number of carboxylic acids is 1.